The van der Waals surface area contributed by atoms with Crippen LogP contribution in [-0.2, 0) is 0 Å². The molecule has 0 aliphatic heterocycles. The van der Waals surface area contributed by atoms with Gasteiger partial charge in [-0.15, -0.1) is 11.3 Å². The van der Waals surface area contributed by atoms with Gasteiger partial charge in [0.25, 0.3) is 0 Å². The van der Waals surface area contributed by atoms with Crippen molar-refractivity contribution in [1.29, 1.82) is 0 Å². The molecule has 4 N–H and O–H groups in total. The second kappa shape index (κ2) is 3.98. The van der Waals surface area contributed by atoms with E-state index >= 15 is 0 Å². The Balaban J connectivity index is 2.05. The molecular formula is C15H11N3OS. The van der Waals surface area contributed by atoms with E-state index in [1.165, 1.54) is 0 Å². The maximum Gasteiger partial charge on any atom is 0.199 e. The molecule has 4 aromatic rings. The SMILES string of the molecule is Nc1ccc2[nH]c(O)c(-c3nc4ccccc4s3)c2c1. The molecule has 0 bridgehead atoms. The third kappa shape index (κ3) is 1.57. The van der Waals surface area contributed by atoms with Crippen LogP contribution >= 0.6 is 11.3 Å². The largest absolute Gasteiger partial charge is 0.494 e. The average Bonchev–Trinajstić information content (AvgIpc) is 2.97. The number of anilines is 1. The van der Waals surface area contributed by atoms with Crippen LogP contribution in [0.25, 0.3) is 31.7 Å². The van der Waals surface area contributed by atoms with Gasteiger partial charge in [-0.25, -0.2) is 4.98 Å². The van der Waals surface area contributed by atoms with Crippen molar-refractivity contribution >= 4 is 38.1 Å². The molecule has 2 heterocycles. The van der Waals surface area contributed by atoms with Gasteiger partial charge in [0.1, 0.15) is 5.01 Å². The molecule has 20 heavy (non-hydrogen) atoms. The van der Waals surface area contributed by atoms with Gasteiger partial charge in [0.05, 0.1) is 15.8 Å². The summed E-state index contributed by atoms with van der Waals surface area (Å²) in [5.41, 5.74) is 9.01. The first-order chi connectivity index (χ1) is 9.72. The second-order valence-electron chi connectivity index (χ2n) is 4.64. The van der Waals surface area contributed by atoms with Crippen molar-refractivity contribution in [2.75, 3.05) is 5.73 Å². The number of nitrogens with one attached hydrogen (secondary N) is 1. The van der Waals surface area contributed by atoms with Crippen LogP contribution in [0.3, 0.4) is 0 Å². The molecule has 98 valence electrons. The van der Waals surface area contributed by atoms with Gasteiger partial charge in [0, 0.05) is 16.6 Å². The highest BCUT2D eigenvalue weighted by molar-refractivity contribution is 7.21. The molecule has 0 saturated heterocycles. The van der Waals surface area contributed by atoms with Gasteiger partial charge in [-0.05, 0) is 30.3 Å². The zero-order valence-electron chi connectivity index (χ0n) is 10.4. The molecule has 0 saturated carbocycles. The van der Waals surface area contributed by atoms with Crippen LogP contribution in [0, 0.1) is 0 Å². The summed E-state index contributed by atoms with van der Waals surface area (Å²) in [6, 6.07) is 13.5. The quantitative estimate of drug-likeness (QED) is 0.465. The smallest absolute Gasteiger partial charge is 0.199 e. The second-order valence-corrected chi connectivity index (χ2v) is 5.67. The predicted molar refractivity (Wildman–Crippen MR) is 83.0 cm³/mol. The molecule has 5 heteroatoms. The molecule has 0 aliphatic carbocycles. The van der Waals surface area contributed by atoms with E-state index in [1.807, 2.05) is 36.4 Å². The number of hydrogen-bond donors (Lipinski definition) is 3. The van der Waals surface area contributed by atoms with Gasteiger partial charge in [0.2, 0.25) is 0 Å². The standard InChI is InChI=1S/C15H11N3OS/c16-8-5-6-10-9(7-8)13(14(19)17-10)15-18-11-3-1-2-4-12(11)20-15/h1-7,17,19H,16H2. The van der Waals surface area contributed by atoms with E-state index in [0.29, 0.717) is 11.3 Å². The number of para-hydroxylation sites is 1. The molecular weight excluding hydrogens is 270 g/mol. The molecule has 0 radical (unpaired) electrons. The van der Waals surface area contributed by atoms with Crippen molar-refractivity contribution < 1.29 is 5.11 Å². The lowest BCUT2D eigenvalue weighted by molar-refractivity contribution is 0.460. The summed E-state index contributed by atoms with van der Waals surface area (Å²) in [7, 11) is 0. The summed E-state index contributed by atoms with van der Waals surface area (Å²) in [4.78, 5) is 7.56. The van der Waals surface area contributed by atoms with E-state index in [9.17, 15) is 5.11 Å². The lowest BCUT2D eigenvalue weighted by Crippen LogP contribution is -1.83. The maximum atomic E-state index is 10.2. The topological polar surface area (TPSA) is 74.9 Å². The van der Waals surface area contributed by atoms with E-state index in [4.69, 9.17) is 5.73 Å². The van der Waals surface area contributed by atoms with Crippen molar-refractivity contribution in [3.63, 3.8) is 0 Å². The number of H-pyrrole nitrogens is 1. The first-order valence-electron chi connectivity index (χ1n) is 6.18. The minimum atomic E-state index is 0.129. The molecule has 0 aliphatic rings. The van der Waals surface area contributed by atoms with Crippen molar-refractivity contribution in [2.24, 2.45) is 0 Å². The molecule has 4 nitrogen and oxygen atoms in total. The molecule has 4 rings (SSSR count). The zero-order chi connectivity index (χ0) is 13.7. The number of nitrogens with zero attached hydrogens (tertiary/aromatic N) is 1. The number of rotatable bonds is 1. The minimum Gasteiger partial charge on any atom is -0.494 e. The van der Waals surface area contributed by atoms with Crippen molar-refractivity contribution in [3.05, 3.63) is 42.5 Å². The highest BCUT2D eigenvalue weighted by Crippen LogP contribution is 2.40. The summed E-state index contributed by atoms with van der Waals surface area (Å²) in [5, 5.41) is 11.9. The van der Waals surface area contributed by atoms with Crippen molar-refractivity contribution in [2.45, 2.75) is 0 Å². The molecule has 0 atom stereocenters. The van der Waals surface area contributed by atoms with E-state index in [0.717, 1.165) is 26.1 Å². The van der Waals surface area contributed by atoms with Crippen LogP contribution in [0.2, 0.25) is 0 Å². The molecule has 2 aromatic heterocycles. The Kier molecular flexibility index (Phi) is 2.25. The third-order valence-electron chi connectivity index (χ3n) is 3.31. The predicted octanol–water partition coefficient (Wildman–Crippen LogP) is 3.73. The normalized spacial score (nSPS) is 11.4. The fourth-order valence-corrected chi connectivity index (χ4v) is 3.42. The van der Waals surface area contributed by atoms with Gasteiger partial charge in [-0.1, -0.05) is 12.1 Å². The number of thiazole rings is 1. The number of hydrogen-bond acceptors (Lipinski definition) is 4. The fourth-order valence-electron chi connectivity index (χ4n) is 2.39. The molecule has 0 amide bonds. The molecule has 0 spiro atoms. The molecule has 0 fully saturated rings. The van der Waals surface area contributed by atoms with E-state index < -0.39 is 0 Å². The number of nitrogen functional groups attached to an aromatic ring is 1. The first-order valence-corrected chi connectivity index (χ1v) is 7.00. The Morgan fingerprint density at radius 1 is 1.15 bits per heavy atom. The highest BCUT2D eigenvalue weighted by Gasteiger charge is 2.16. The maximum absolute atomic E-state index is 10.2. The Hall–Kier alpha value is -2.53. The summed E-state index contributed by atoms with van der Waals surface area (Å²) in [6.07, 6.45) is 0. The Bertz CT molecular complexity index is 906. The zero-order valence-corrected chi connectivity index (χ0v) is 11.2. The number of aromatic amines is 1. The van der Waals surface area contributed by atoms with Gasteiger partial charge in [-0.3, -0.25) is 0 Å². The number of nitrogens with two attached hydrogens (primary N) is 1. The molecule has 2 aromatic carbocycles. The Labute approximate surface area is 118 Å². The average molecular weight is 281 g/mol. The summed E-state index contributed by atoms with van der Waals surface area (Å²) in [5.74, 6) is 0.129. The van der Waals surface area contributed by atoms with Gasteiger partial charge >= 0.3 is 0 Å². The van der Waals surface area contributed by atoms with Crippen molar-refractivity contribution in [1.82, 2.24) is 9.97 Å². The van der Waals surface area contributed by atoms with Crippen LogP contribution in [0.1, 0.15) is 0 Å². The lowest BCUT2D eigenvalue weighted by Gasteiger charge is -1.96. The number of benzene rings is 2. The van der Waals surface area contributed by atoms with E-state index in [1.54, 1.807) is 17.4 Å². The minimum absolute atomic E-state index is 0.129. The van der Waals surface area contributed by atoms with Crippen LogP contribution in [0.4, 0.5) is 5.69 Å². The van der Waals surface area contributed by atoms with E-state index in [2.05, 4.69) is 9.97 Å². The number of aromatic hydroxyl groups is 1. The fraction of sp³-hybridized carbons (Fsp3) is 0. The highest BCUT2D eigenvalue weighted by atomic mass is 32.1. The summed E-state index contributed by atoms with van der Waals surface area (Å²) in [6.45, 7) is 0. The van der Waals surface area contributed by atoms with Crippen molar-refractivity contribution in [3.8, 4) is 16.5 Å². The molecule has 0 unspecified atom stereocenters. The van der Waals surface area contributed by atoms with Crippen LogP contribution < -0.4 is 5.73 Å². The third-order valence-corrected chi connectivity index (χ3v) is 4.36. The van der Waals surface area contributed by atoms with Gasteiger partial charge < -0.3 is 15.8 Å². The lowest BCUT2D eigenvalue weighted by atomic mass is 10.1. The number of aromatic nitrogens is 2. The van der Waals surface area contributed by atoms with E-state index in [-0.39, 0.29) is 5.88 Å². The van der Waals surface area contributed by atoms with Crippen LogP contribution in [-0.4, -0.2) is 15.1 Å². The summed E-state index contributed by atoms with van der Waals surface area (Å²) >= 11 is 1.56. The van der Waals surface area contributed by atoms with Crippen LogP contribution in [0.5, 0.6) is 5.88 Å². The monoisotopic (exact) mass is 281 g/mol. The Morgan fingerprint density at radius 3 is 2.85 bits per heavy atom. The van der Waals surface area contributed by atoms with Crippen LogP contribution in [0.15, 0.2) is 42.5 Å². The number of fused-ring (bicyclic) bond motifs is 2. The Morgan fingerprint density at radius 2 is 2.00 bits per heavy atom. The summed E-state index contributed by atoms with van der Waals surface area (Å²) < 4.78 is 1.10. The van der Waals surface area contributed by atoms with Gasteiger partial charge in [-0.2, -0.15) is 0 Å². The first kappa shape index (κ1) is 11.3. The van der Waals surface area contributed by atoms with Gasteiger partial charge in [0.15, 0.2) is 5.88 Å².